The Hall–Kier alpha value is -1.64. The lowest BCUT2D eigenvalue weighted by Crippen LogP contribution is -1.91. The van der Waals surface area contributed by atoms with Crippen molar-refractivity contribution in [1.82, 2.24) is 10.2 Å². The van der Waals surface area contributed by atoms with E-state index >= 15 is 0 Å². The van der Waals surface area contributed by atoms with Gasteiger partial charge in [0.1, 0.15) is 0 Å². The molecule has 0 aliphatic rings. The molecule has 3 nitrogen and oxygen atoms in total. The second-order valence-electron chi connectivity index (χ2n) is 2.19. The molecule has 1 aromatic rings. The second-order valence-corrected chi connectivity index (χ2v) is 2.19. The smallest absolute Gasteiger partial charge is 0.0727 e. The second kappa shape index (κ2) is 7.98. The summed E-state index contributed by atoms with van der Waals surface area (Å²) in [5, 5.41) is 6.54. The lowest BCUT2D eigenvalue weighted by molar-refractivity contribution is 1.09. The molecule has 1 N–H and O–H groups in total. The number of aliphatic imine (C=N–C) groups is 1. The summed E-state index contributed by atoms with van der Waals surface area (Å²) in [7, 11) is 0. The molecule has 0 fully saturated rings. The molecule has 1 heterocycles. The van der Waals surface area contributed by atoms with Crippen molar-refractivity contribution in [3.63, 3.8) is 0 Å². The van der Waals surface area contributed by atoms with Crippen molar-refractivity contribution >= 4 is 5.71 Å². The largest absolute Gasteiger partial charge is 0.285 e. The molecule has 3 heteroatoms. The van der Waals surface area contributed by atoms with E-state index in [0.29, 0.717) is 0 Å². The fourth-order valence-electron chi connectivity index (χ4n) is 0.791. The Labute approximate surface area is 85.3 Å². The van der Waals surface area contributed by atoms with Crippen LogP contribution in [0.1, 0.15) is 26.3 Å². The van der Waals surface area contributed by atoms with E-state index in [-0.39, 0.29) is 0 Å². The Morgan fingerprint density at radius 3 is 2.71 bits per heavy atom. The third-order valence-electron chi connectivity index (χ3n) is 1.35. The van der Waals surface area contributed by atoms with Crippen LogP contribution in [0.4, 0.5) is 0 Å². The molecule has 0 saturated carbocycles. The molecule has 0 unspecified atom stereocenters. The fourth-order valence-corrected chi connectivity index (χ4v) is 0.791. The van der Waals surface area contributed by atoms with Crippen LogP contribution < -0.4 is 0 Å². The highest BCUT2D eigenvalue weighted by molar-refractivity contribution is 6.08. The molecule has 0 aliphatic carbocycles. The van der Waals surface area contributed by atoms with Crippen molar-refractivity contribution in [2.45, 2.75) is 20.8 Å². The first-order chi connectivity index (χ1) is 6.88. The van der Waals surface area contributed by atoms with E-state index in [9.17, 15) is 0 Å². The third-order valence-corrected chi connectivity index (χ3v) is 1.35. The maximum absolute atomic E-state index is 4.16. The van der Waals surface area contributed by atoms with Crippen LogP contribution in [0.15, 0.2) is 42.3 Å². The molecule has 1 aromatic heterocycles. The molecule has 14 heavy (non-hydrogen) atoms. The number of nitrogens with one attached hydrogen (secondary N) is 1. The van der Waals surface area contributed by atoms with E-state index in [4.69, 9.17) is 0 Å². The average molecular weight is 191 g/mol. The molecule has 0 amide bonds. The first-order valence-electron chi connectivity index (χ1n) is 4.69. The van der Waals surface area contributed by atoms with Crippen LogP contribution in [0.25, 0.3) is 0 Å². The molecule has 0 saturated heterocycles. The highest BCUT2D eigenvalue weighted by atomic mass is 15.1. The van der Waals surface area contributed by atoms with Gasteiger partial charge < -0.3 is 0 Å². The number of aromatic nitrogens is 2. The third kappa shape index (κ3) is 3.85. The SMILES string of the molecule is C=CC(=N/C=C\C)c1cn[nH]c1.CC. The van der Waals surface area contributed by atoms with Crippen molar-refractivity contribution in [3.05, 3.63) is 42.9 Å². The Kier molecular flexibility index (Phi) is 7.05. The van der Waals surface area contributed by atoms with Gasteiger partial charge in [-0.15, -0.1) is 0 Å². The summed E-state index contributed by atoms with van der Waals surface area (Å²) in [6, 6.07) is 0. The molecule has 0 radical (unpaired) electrons. The van der Waals surface area contributed by atoms with Gasteiger partial charge in [0.05, 0.1) is 11.9 Å². The summed E-state index contributed by atoms with van der Waals surface area (Å²) in [6.45, 7) is 9.58. The summed E-state index contributed by atoms with van der Waals surface area (Å²) in [5.74, 6) is 0. The number of nitrogens with zero attached hydrogens (tertiary/aromatic N) is 2. The zero-order valence-corrected chi connectivity index (χ0v) is 8.99. The Morgan fingerprint density at radius 1 is 1.57 bits per heavy atom. The van der Waals surface area contributed by atoms with E-state index in [1.165, 1.54) is 0 Å². The maximum Gasteiger partial charge on any atom is 0.0727 e. The van der Waals surface area contributed by atoms with Crippen LogP contribution >= 0.6 is 0 Å². The molecule has 76 valence electrons. The summed E-state index contributed by atoms with van der Waals surface area (Å²) in [6.07, 6.45) is 8.78. The zero-order chi connectivity index (χ0) is 10.8. The number of H-pyrrole nitrogens is 1. The van der Waals surface area contributed by atoms with Gasteiger partial charge in [0.25, 0.3) is 0 Å². The summed E-state index contributed by atoms with van der Waals surface area (Å²) in [5.41, 5.74) is 1.77. The molecular weight excluding hydrogens is 174 g/mol. The van der Waals surface area contributed by atoms with Gasteiger partial charge in [0.15, 0.2) is 0 Å². The first-order valence-corrected chi connectivity index (χ1v) is 4.69. The number of hydrogen-bond donors (Lipinski definition) is 1. The van der Waals surface area contributed by atoms with Crippen LogP contribution in [0.5, 0.6) is 0 Å². The monoisotopic (exact) mass is 191 g/mol. The lowest BCUT2D eigenvalue weighted by Gasteiger charge is -1.91. The fraction of sp³-hybridized carbons (Fsp3) is 0.273. The Bertz CT molecular complexity index is 294. The molecule has 0 bridgehead atoms. The standard InChI is InChI=1S/C9H11N3.C2H6/c1-3-5-10-9(4-2)8-6-11-12-7-8;1-2/h3-7H,2H2,1H3,(H,11,12);1-2H3/b5-3-,10-9?;. The van der Waals surface area contributed by atoms with Gasteiger partial charge in [-0.2, -0.15) is 5.10 Å². The van der Waals surface area contributed by atoms with E-state index in [1.54, 1.807) is 24.7 Å². The quantitative estimate of drug-likeness (QED) is 0.733. The van der Waals surface area contributed by atoms with E-state index in [0.717, 1.165) is 11.3 Å². The highest BCUT2D eigenvalue weighted by Crippen LogP contribution is 1.98. The van der Waals surface area contributed by atoms with E-state index in [1.807, 2.05) is 26.8 Å². The Morgan fingerprint density at radius 2 is 2.29 bits per heavy atom. The van der Waals surface area contributed by atoms with Crippen LogP contribution in [0.2, 0.25) is 0 Å². The van der Waals surface area contributed by atoms with Gasteiger partial charge in [0, 0.05) is 18.0 Å². The number of hydrogen-bond acceptors (Lipinski definition) is 2. The molecule has 0 aromatic carbocycles. The Balaban J connectivity index is 0.000000791. The number of aromatic amines is 1. The van der Waals surface area contributed by atoms with Crippen molar-refractivity contribution in [2.24, 2.45) is 4.99 Å². The van der Waals surface area contributed by atoms with Crippen molar-refractivity contribution in [2.75, 3.05) is 0 Å². The zero-order valence-electron chi connectivity index (χ0n) is 8.99. The molecule has 1 rings (SSSR count). The topological polar surface area (TPSA) is 41.0 Å². The predicted molar refractivity (Wildman–Crippen MR) is 61.5 cm³/mol. The van der Waals surface area contributed by atoms with Crippen LogP contribution in [-0.4, -0.2) is 15.9 Å². The minimum atomic E-state index is 0.821. The maximum atomic E-state index is 4.16. The van der Waals surface area contributed by atoms with Gasteiger partial charge >= 0.3 is 0 Å². The van der Waals surface area contributed by atoms with Gasteiger partial charge in [-0.25, -0.2) is 0 Å². The molecule has 0 spiro atoms. The van der Waals surface area contributed by atoms with Gasteiger partial charge in [0.2, 0.25) is 0 Å². The van der Waals surface area contributed by atoms with Crippen LogP contribution in [0, 0.1) is 0 Å². The normalized spacial score (nSPS) is 10.9. The summed E-state index contributed by atoms with van der Waals surface area (Å²) < 4.78 is 0. The molecule has 0 aliphatic heterocycles. The number of rotatable bonds is 3. The molecule has 0 atom stereocenters. The van der Waals surface area contributed by atoms with Gasteiger partial charge in [-0.3, -0.25) is 10.1 Å². The lowest BCUT2D eigenvalue weighted by atomic mass is 10.2. The predicted octanol–water partition coefficient (Wildman–Crippen LogP) is 2.94. The summed E-state index contributed by atoms with van der Waals surface area (Å²) in [4.78, 5) is 4.16. The van der Waals surface area contributed by atoms with Gasteiger partial charge in [-0.05, 0) is 13.0 Å². The van der Waals surface area contributed by atoms with Crippen molar-refractivity contribution in [3.8, 4) is 0 Å². The average Bonchev–Trinajstić information content (AvgIpc) is 2.76. The van der Waals surface area contributed by atoms with E-state index < -0.39 is 0 Å². The van der Waals surface area contributed by atoms with Gasteiger partial charge in [-0.1, -0.05) is 26.5 Å². The highest BCUT2D eigenvalue weighted by Gasteiger charge is 1.97. The minimum Gasteiger partial charge on any atom is -0.285 e. The number of allylic oxidation sites excluding steroid dienone is 2. The summed E-state index contributed by atoms with van der Waals surface area (Å²) >= 11 is 0. The van der Waals surface area contributed by atoms with Crippen LogP contribution in [0.3, 0.4) is 0 Å². The molecular formula is C11H17N3. The van der Waals surface area contributed by atoms with E-state index in [2.05, 4.69) is 21.8 Å². The van der Waals surface area contributed by atoms with Crippen molar-refractivity contribution in [1.29, 1.82) is 0 Å². The van der Waals surface area contributed by atoms with Crippen molar-refractivity contribution < 1.29 is 0 Å². The minimum absolute atomic E-state index is 0.821. The van der Waals surface area contributed by atoms with Crippen LogP contribution in [-0.2, 0) is 0 Å². The first kappa shape index (κ1) is 12.4.